The summed E-state index contributed by atoms with van der Waals surface area (Å²) in [6.45, 7) is 1.81. The van der Waals surface area contributed by atoms with Crippen LogP contribution in [-0.2, 0) is 4.79 Å². The first-order valence-corrected chi connectivity index (χ1v) is 6.13. The monoisotopic (exact) mass is 258 g/mol. The molecule has 2 aromatic rings. The summed E-state index contributed by atoms with van der Waals surface area (Å²) in [5.74, 6) is -2.67. The van der Waals surface area contributed by atoms with E-state index in [0.29, 0.717) is 0 Å². The molecule has 0 aliphatic rings. The van der Waals surface area contributed by atoms with E-state index in [0.717, 1.165) is 5.56 Å². The number of rotatable bonds is 4. The molecule has 2 aromatic carbocycles. The van der Waals surface area contributed by atoms with Gasteiger partial charge in [0.1, 0.15) is 5.82 Å². The fourth-order valence-electron chi connectivity index (χ4n) is 2.29. The average Bonchev–Trinajstić information content (AvgIpc) is 2.42. The van der Waals surface area contributed by atoms with Gasteiger partial charge in [0.25, 0.3) is 0 Å². The number of aliphatic carboxylic acids is 1. The lowest BCUT2D eigenvalue weighted by atomic mass is 9.82. The first-order chi connectivity index (χ1) is 9.11. The van der Waals surface area contributed by atoms with E-state index in [-0.39, 0.29) is 11.5 Å². The van der Waals surface area contributed by atoms with E-state index in [1.165, 1.54) is 12.1 Å². The van der Waals surface area contributed by atoms with Crippen LogP contribution >= 0.6 is 0 Å². The predicted octanol–water partition coefficient (Wildman–Crippen LogP) is 3.80. The number of hydrogen-bond donors (Lipinski definition) is 1. The fraction of sp³-hybridized carbons (Fsp3) is 0.188. The molecule has 2 nitrogen and oxygen atoms in total. The fourth-order valence-corrected chi connectivity index (χ4v) is 2.29. The Bertz CT molecular complexity index is 566. The maximum Gasteiger partial charge on any atom is 0.311 e. The van der Waals surface area contributed by atoms with Gasteiger partial charge in [-0.25, -0.2) is 4.39 Å². The van der Waals surface area contributed by atoms with E-state index in [2.05, 4.69) is 0 Å². The summed E-state index contributed by atoms with van der Waals surface area (Å²) in [5.41, 5.74) is 1.12. The van der Waals surface area contributed by atoms with E-state index in [1.807, 2.05) is 30.3 Å². The second-order valence-electron chi connectivity index (χ2n) is 4.54. The second kappa shape index (κ2) is 5.65. The summed E-state index contributed by atoms with van der Waals surface area (Å²) in [4.78, 5) is 11.5. The largest absolute Gasteiger partial charge is 0.481 e. The number of halogens is 1. The van der Waals surface area contributed by atoms with Gasteiger partial charge in [0.2, 0.25) is 0 Å². The van der Waals surface area contributed by atoms with Gasteiger partial charge in [-0.1, -0.05) is 55.5 Å². The summed E-state index contributed by atoms with van der Waals surface area (Å²) in [6.07, 6.45) is 0. The van der Waals surface area contributed by atoms with Crippen molar-refractivity contribution in [3.05, 3.63) is 71.5 Å². The van der Waals surface area contributed by atoms with E-state index in [9.17, 15) is 14.3 Å². The van der Waals surface area contributed by atoms with Crippen LogP contribution in [0.3, 0.4) is 0 Å². The third kappa shape index (κ3) is 2.81. The van der Waals surface area contributed by atoms with E-state index in [1.54, 1.807) is 19.1 Å². The standard InChI is InChI=1S/C16H15FO2/c1-11(12-7-3-2-4-8-12)15(16(18)19)13-9-5-6-10-14(13)17/h2-11,15H,1H3,(H,18,19)/t11?,15-/m0/s1. The van der Waals surface area contributed by atoms with Crippen molar-refractivity contribution in [1.29, 1.82) is 0 Å². The molecule has 0 spiro atoms. The Morgan fingerprint density at radius 3 is 2.21 bits per heavy atom. The van der Waals surface area contributed by atoms with Crippen molar-refractivity contribution in [3.8, 4) is 0 Å². The summed E-state index contributed by atoms with van der Waals surface area (Å²) in [5, 5.41) is 9.42. The first kappa shape index (κ1) is 13.3. The lowest BCUT2D eigenvalue weighted by Gasteiger charge is -2.21. The molecule has 0 fully saturated rings. The van der Waals surface area contributed by atoms with Gasteiger partial charge < -0.3 is 5.11 Å². The molecule has 2 atom stereocenters. The van der Waals surface area contributed by atoms with Crippen molar-refractivity contribution in [2.75, 3.05) is 0 Å². The Hall–Kier alpha value is -2.16. The van der Waals surface area contributed by atoms with Gasteiger partial charge in [0, 0.05) is 5.56 Å². The van der Waals surface area contributed by atoms with E-state index in [4.69, 9.17) is 0 Å². The van der Waals surface area contributed by atoms with Gasteiger partial charge >= 0.3 is 5.97 Å². The number of carboxylic acid groups (broad SMARTS) is 1. The minimum Gasteiger partial charge on any atom is -0.481 e. The Balaban J connectivity index is 2.42. The number of carbonyl (C=O) groups is 1. The quantitative estimate of drug-likeness (QED) is 0.905. The van der Waals surface area contributed by atoms with Crippen molar-refractivity contribution < 1.29 is 14.3 Å². The molecule has 0 amide bonds. The van der Waals surface area contributed by atoms with Crippen LogP contribution in [0.15, 0.2) is 54.6 Å². The second-order valence-corrected chi connectivity index (χ2v) is 4.54. The summed E-state index contributed by atoms with van der Waals surface area (Å²) in [6, 6.07) is 15.4. The third-order valence-electron chi connectivity index (χ3n) is 3.33. The Morgan fingerprint density at radius 1 is 1.05 bits per heavy atom. The van der Waals surface area contributed by atoms with Crippen LogP contribution in [0.2, 0.25) is 0 Å². The zero-order valence-corrected chi connectivity index (χ0v) is 10.6. The topological polar surface area (TPSA) is 37.3 Å². The normalized spacial score (nSPS) is 13.8. The molecule has 3 heteroatoms. The van der Waals surface area contributed by atoms with Crippen molar-refractivity contribution in [1.82, 2.24) is 0 Å². The van der Waals surface area contributed by atoms with Gasteiger partial charge in [-0.15, -0.1) is 0 Å². The highest BCUT2D eigenvalue weighted by molar-refractivity contribution is 5.77. The van der Waals surface area contributed by atoms with Crippen molar-refractivity contribution in [2.24, 2.45) is 0 Å². The van der Waals surface area contributed by atoms with Crippen LogP contribution in [0.1, 0.15) is 29.9 Å². The highest BCUT2D eigenvalue weighted by Gasteiger charge is 2.29. The molecule has 0 aromatic heterocycles. The van der Waals surface area contributed by atoms with E-state index >= 15 is 0 Å². The molecule has 1 N–H and O–H groups in total. The van der Waals surface area contributed by atoms with Crippen LogP contribution in [0.4, 0.5) is 4.39 Å². The molecule has 0 saturated carbocycles. The Morgan fingerprint density at radius 2 is 1.63 bits per heavy atom. The number of hydrogen-bond acceptors (Lipinski definition) is 1. The molecule has 98 valence electrons. The van der Waals surface area contributed by atoms with Gasteiger partial charge in [-0.3, -0.25) is 4.79 Å². The number of benzene rings is 2. The van der Waals surface area contributed by atoms with Gasteiger partial charge in [-0.2, -0.15) is 0 Å². The maximum atomic E-state index is 13.8. The van der Waals surface area contributed by atoms with Gasteiger partial charge in [0.15, 0.2) is 0 Å². The van der Waals surface area contributed by atoms with Crippen LogP contribution in [0.25, 0.3) is 0 Å². The molecule has 0 bridgehead atoms. The van der Waals surface area contributed by atoms with Gasteiger partial charge in [-0.05, 0) is 17.5 Å². The van der Waals surface area contributed by atoms with Gasteiger partial charge in [0.05, 0.1) is 5.92 Å². The smallest absolute Gasteiger partial charge is 0.311 e. The minimum atomic E-state index is -1.01. The molecule has 19 heavy (non-hydrogen) atoms. The lowest BCUT2D eigenvalue weighted by molar-refractivity contribution is -0.139. The van der Waals surface area contributed by atoms with Crippen LogP contribution < -0.4 is 0 Å². The predicted molar refractivity (Wildman–Crippen MR) is 71.6 cm³/mol. The minimum absolute atomic E-state index is 0.228. The van der Waals surface area contributed by atoms with Crippen molar-refractivity contribution in [3.63, 3.8) is 0 Å². The molecular formula is C16H15FO2. The average molecular weight is 258 g/mol. The summed E-state index contributed by atoms with van der Waals surface area (Å²) >= 11 is 0. The van der Waals surface area contributed by atoms with E-state index < -0.39 is 17.7 Å². The van der Waals surface area contributed by atoms with Crippen molar-refractivity contribution in [2.45, 2.75) is 18.8 Å². The SMILES string of the molecule is CC(c1ccccc1)[C@H](C(=O)O)c1ccccc1F. The molecule has 0 saturated heterocycles. The Labute approximate surface area is 111 Å². The highest BCUT2D eigenvalue weighted by Crippen LogP contribution is 2.34. The highest BCUT2D eigenvalue weighted by atomic mass is 19.1. The molecule has 0 heterocycles. The molecule has 0 radical (unpaired) electrons. The first-order valence-electron chi connectivity index (χ1n) is 6.13. The zero-order valence-electron chi connectivity index (χ0n) is 10.6. The zero-order chi connectivity index (χ0) is 13.8. The summed E-state index contributed by atoms with van der Waals surface area (Å²) in [7, 11) is 0. The van der Waals surface area contributed by atoms with Crippen LogP contribution in [0, 0.1) is 5.82 Å². The molecular weight excluding hydrogens is 243 g/mol. The number of carboxylic acids is 1. The molecule has 0 aliphatic heterocycles. The molecule has 1 unspecified atom stereocenters. The maximum absolute atomic E-state index is 13.8. The van der Waals surface area contributed by atoms with Crippen molar-refractivity contribution >= 4 is 5.97 Å². The van der Waals surface area contributed by atoms with Crippen LogP contribution in [0.5, 0.6) is 0 Å². The third-order valence-corrected chi connectivity index (χ3v) is 3.33. The lowest BCUT2D eigenvalue weighted by Crippen LogP contribution is -2.19. The molecule has 0 aliphatic carbocycles. The molecule has 2 rings (SSSR count). The Kier molecular flexibility index (Phi) is 3.95. The summed E-state index contributed by atoms with van der Waals surface area (Å²) < 4.78 is 13.8. The van der Waals surface area contributed by atoms with Crippen LogP contribution in [-0.4, -0.2) is 11.1 Å².